The second-order valence-corrected chi connectivity index (χ2v) is 19.3. The molecular weight excluding hydrogens is 1220 g/mol. The number of esters is 4. The van der Waals surface area contributed by atoms with Crippen molar-refractivity contribution in [2.75, 3.05) is 6.61 Å². The van der Waals surface area contributed by atoms with Crippen molar-refractivity contribution in [2.45, 2.75) is 30.7 Å². The van der Waals surface area contributed by atoms with Crippen LogP contribution in [0.15, 0.2) is 67.0 Å². The Morgan fingerprint density at radius 2 is 0.922 bits per heavy atom. The number of carbonyl (C=O) groups excluding carboxylic acids is 4. The van der Waals surface area contributed by atoms with E-state index in [0.717, 1.165) is 6.07 Å². The number of aliphatic hydroxyl groups is 1. The standard InChI is InChI=1S/C55H34O35/c56-17-1-10(2-18(57)30(17)62)49(75)89-46-43-25(9-82-50(76)11-3-19(58)31(63)37(69)26(11)27-13(52(78)86-43)7-23(35(67)38(27)70)83-41-15(48(73)74)5-20(59)32(64)39(41)71)85-55(81)47(46)90-54(80)16-6-21(60)33(65)40(72)42(16)84-24-8-14-29-28-12(51(77)88-45(29)36(24)68)4-22(61)34(66)44(28)87-53(14)79/h1-8,25,43,46-47,55-72,81H,9H2,(H,73,74)/t25-,43-,46+,47-,55?/m1/s1. The number of hydrogen-bond acceptors (Lipinski definition) is 34. The van der Waals surface area contributed by atoms with E-state index in [1.165, 1.54) is 0 Å². The number of rotatable bonds is 9. The normalized spacial score (nSPS) is 17.3. The van der Waals surface area contributed by atoms with E-state index in [0.29, 0.717) is 36.4 Å². The fourth-order valence-corrected chi connectivity index (χ4v) is 9.78. The molecule has 464 valence electrons. The molecule has 1 saturated heterocycles. The lowest BCUT2D eigenvalue weighted by Gasteiger charge is -2.42. The Labute approximate surface area is 490 Å². The molecule has 2 aliphatic heterocycles. The molecule has 5 atom stereocenters. The Hall–Kier alpha value is -13.1. The fourth-order valence-electron chi connectivity index (χ4n) is 9.78. The summed E-state index contributed by atoms with van der Waals surface area (Å²) in [6.45, 7) is -1.36. The van der Waals surface area contributed by atoms with Gasteiger partial charge in [0.15, 0.2) is 111 Å². The molecule has 19 N–H and O–H groups in total. The lowest BCUT2D eigenvalue weighted by atomic mass is 9.91. The van der Waals surface area contributed by atoms with E-state index < -0.39 is 271 Å². The van der Waals surface area contributed by atoms with Crippen molar-refractivity contribution in [3.8, 4) is 132 Å². The number of phenolic OH excluding ortho intramolecular Hbond substituents is 17. The molecule has 1 fully saturated rings. The first-order valence-corrected chi connectivity index (χ1v) is 24.7. The van der Waals surface area contributed by atoms with Crippen molar-refractivity contribution >= 4 is 62.6 Å². The van der Waals surface area contributed by atoms with Gasteiger partial charge >= 0.3 is 41.1 Å². The van der Waals surface area contributed by atoms with E-state index >= 15 is 4.79 Å². The van der Waals surface area contributed by atoms with Crippen LogP contribution in [0.5, 0.6) is 121 Å². The number of benzene rings is 7. The van der Waals surface area contributed by atoms with Crippen LogP contribution >= 0.6 is 0 Å². The zero-order valence-corrected chi connectivity index (χ0v) is 43.7. The first-order chi connectivity index (χ1) is 42.4. The number of ether oxygens (including phenoxy) is 7. The van der Waals surface area contributed by atoms with E-state index in [1.54, 1.807) is 0 Å². The van der Waals surface area contributed by atoms with Gasteiger partial charge in [0.25, 0.3) is 0 Å². The minimum atomic E-state index is -2.81. The Morgan fingerprint density at radius 3 is 1.51 bits per heavy atom. The summed E-state index contributed by atoms with van der Waals surface area (Å²) >= 11 is 0. The van der Waals surface area contributed by atoms with Crippen LogP contribution in [0.2, 0.25) is 0 Å². The number of fused-ring (bicyclic) bond motifs is 4. The molecule has 35 heteroatoms. The van der Waals surface area contributed by atoms with Crippen molar-refractivity contribution in [2.24, 2.45) is 0 Å². The maximum absolute atomic E-state index is 15.1. The fraction of sp³-hybridized carbons (Fsp3) is 0.109. The van der Waals surface area contributed by atoms with Crippen LogP contribution < -0.4 is 20.7 Å². The van der Waals surface area contributed by atoms with Gasteiger partial charge in [-0.2, -0.15) is 0 Å². The molecule has 0 radical (unpaired) electrons. The van der Waals surface area contributed by atoms with Gasteiger partial charge in [-0.1, -0.05) is 0 Å². The molecule has 35 nitrogen and oxygen atoms in total. The second-order valence-electron chi connectivity index (χ2n) is 19.3. The van der Waals surface area contributed by atoms with Crippen molar-refractivity contribution in [3.63, 3.8) is 0 Å². The summed E-state index contributed by atoms with van der Waals surface area (Å²) in [5, 5.41) is 202. The van der Waals surface area contributed by atoms with Crippen molar-refractivity contribution in [1.29, 1.82) is 0 Å². The highest BCUT2D eigenvalue weighted by molar-refractivity contribution is 6.22. The molecule has 4 heterocycles. The van der Waals surface area contributed by atoms with E-state index in [9.17, 15) is 126 Å². The van der Waals surface area contributed by atoms with Gasteiger partial charge in [-0.05, 0) is 24.3 Å². The summed E-state index contributed by atoms with van der Waals surface area (Å²) in [5.74, 6) is -38.0. The summed E-state index contributed by atoms with van der Waals surface area (Å²) in [7, 11) is 0. The SMILES string of the molecule is O=C(O[C@H]1[C@@H]2OC(=O)c3cc(Oc4c(C(=O)O)cc(O)c(O)c4O)c(O)c(O)c3-c3c(cc(O)c(O)c3O)C(=O)OC[C@H]2OC(O)[C@@H]1OC(=O)c1cc(O)c(O)c(O)c1Oc1cc2c(=O)oc3c(O)c(O)cc4c(=O)oc(c1O)c2c34)c1cc(O)c(O)c(O)c1. The van der Waals surface area contributed by atoms with Gasteiger partial charge in [0, 0.05) is 46.2 Å². The van der Waals surface area contributed by atoms with E-state index in [-0.39, 0.29) is 6.07 Å². The van der Waals surface area contributed by atoms with Crippen LogP contribution in [0.3, 0.4) is 0 Å². The van der Waals surface area contributed by atoms with Gasteiger partial charge < -0.3 is 139 Å². The molecule has 11 rings (SSSR count). The first-order valence-electron chi connectivity index (χ1n) is 24.7. The number of phenols is 17. The number of cyclic esters (lactones) is 1. The third kappa shape index (κ3) is 9.12. The summed E-state index contributed by atoms with van der Waals surface area (Å²) in [6.07, 6.45) is -13.2. The highest BCUT2D eigenvalue weighted by Gasteiger charge is 2.54. The van der Waals surface area contributed by atoms with Gasteiger partial charge in [0.05, 0.1) is 27.5 Å². The number of aromatic carboxylic acids is 1. The van der Waals surface area contributed by atoms with Crippen molar-refractivity contribution in [1.82, 2.24) is 0 Å². The molecule has 2 aliphatic rings. The largest absolute Gasteiger partial charge is 0.504 e. The summed E-state index contributed by atoms with van der Waals surface area (Å²) in [4.78, 5) is 97.0. The number of carboxylic acids is 1. The zero-order chi connectivity index (χ0) is 65.3. The van der Waals surface area contributed by atoms with Crippen molar-refractivity contribution in [3.05, 3.63) is 97.2 Å². The highest BCUT2D eigenvalue weighted by atomic mass is 16.7. The van der Waals surface area contributed by atoms with Crippen molar-refractivity contribution < 1.29 is 163 Å². The predicted octanol–water partition coefficient (Wildman–Crippen LogP) is 3.30. The maximum Gasteiger partial charge on any atom is 0.344 e. The minimum Gasteiger partial charge on any atom is -0.504 e. The zero-order valence-electron chi connectivity index (χ0n) is 43.7. The molecule has 2 aromatic heterocycles. The van der Waals surface area contributed by atoms with E-state index in [4.69, 9.17) is 42.0 Å². The van der Waals surface area contributed by atoms with Gasteiger partial charge in [-0.15, -0.1) is 0 Å². The lowest BCUT2D eigenvalue weighted by Crippen LogP contribution is -2.62. The molecule has 0 saturated carbocycles. The number of carboxylic acid groups (broad SMARTS) is 1. The molecule has 0 bridgehead atoms. The Balaban J connectivity index is 1.06. The smallest absolute Gasteiger partial charge is 0.344 e. The van der Waals surface area contributed by atoms with Gasteiger partial charge in [-0.3, -0.25) is 0 Å². The van der Waals surface area contributed by atoms with Crippen LogP contribution in [-0.2, 0) is 23.7 Å². The molecule has 0 spiro atoms. The Kier molecular flexibility index (Phi) is 13.6. The quantitative estimate of drug-likeness (QED) is 0.0324. The third-order valence-corrected chi connectivity index (χ3v) is 14.0. The molecule has 0 amide bonds. The average Bonchev–Trinajstić information content (AvgIpc) is 0.747. The number of aromatic hydroxyl groups is 17. The second kappa shape index (κ2) is 20.9. The first kappa shape index (κ1) is 58.7. The third-order valence-electron chi connectivity index (χ3n) is 14.0. The van der Waals surface area contributed by atoms with Gasteiger partial charge in [0.2, 0.25) is 46.0 Å². The molecule has 90 heavy (non-hydrogen) atoms. The molecular formula is C55H34O35. The van der Waals surface area contributed by atoms with Crippen LogP contribution in [0.25, 0.3) is 43.8 Å². The highest BCUT2D eigenvalue weighted by Crippen LogP contribution is 2.56. The molecule has 7 aromatic carbocycles. The monoisotopic (exact) mass is 1250 g/mol. The predicted molar refractivity (Wildman–Crippen MR) is 283 cm³/mol. The average molecular weight is 1250 g/mol. The van der Waals surface area contributed by atoms with Crippen LogP contribution in [0, 0.1) is 0 Å². The number of aliphatic hydroxyl groups excluding tert-OH is 1. The molecule has 1 unspecified atom stereocenters. The maximum atomic E-state index is 15.1. The van der Waals surface area contributed by atoms with Crippen LogP contribution in [0.1, 0.15) is 51.8 Å². The van der Waals surface area contributed by atoms with E-state index in [2.05, 4.69) is 0 Å². The topological polar surface area (TPSA) is 595 Å². The molecule has 0 aliphatic carbocycles. The number of carbonyl (C=O) groups is 5. The molecule has 9 aromatic rings. The van der Waals surface area contributed by atoms with Gasteiger partial charge in [-0.25, -0.2) is 33.6 Å². The Morgan fingerprint density at radius 1 is 0.456 bits per heavy atom. The van der Waals surface area contributed by atoms with Crippen LogP contribution in [0.4, 0.5) is 0 Å². The minimum absolute atomic E-state index is 0.284. The van der Waals surface area contributed by atoms with Gasteiger partial charge in [0.1, 0.15) is 23.8 Å². The lowest BCUT2D eigenvalue weighted by molar-refractivity contribution is -0.284. The summed E-state index contributed by atoms with van der Waals surface area (Å²) in [6, 6.07) is 3.59. The van der Waals surface area contributed by atoms with E-state index in [1.807, 2.05) is 0 Å². The number of hydrogen-bond donors (Lipinski definition) is 19. The Bertz CT molecular complexity index is 4780. The summed E-state index contributed by atoms with van der Waals surface area (Å²) < 4.78 is 49.3. The summed E-state index contributed by atoms with van der Waals surface area (Å²) in [5.41, 5.74) is -12.8. The van der Waals surface area contributed by atoms with Crippen LogP contribution in [-0.4, -0.2) is 164 Å².